The number of carbonyl (C=O) groups is 2. The molecule has 1 atom stereocenters. The summed E-state index contributed by atoms with van der Waals surface area (Å²) in [5.41, 5.74) is 2.97. The van der Waals surface area contributed by atoms with Gasteiger partial charge in [-0.1, -0.05) is 60.3 Å². The molecule has 2 aromatic carbocycles. The Balaban J connectivity index is 1.63. The molecule has 34 heavy (non-hydrogen) atoms. The van der Waals surface area contributed by atoms with E-state index in [-0.39, 0.29) is 17.6 Å². The Bertz CT molecular complexity index is 1280. The maximum absolute atomic E-state index is 13.4. The molecule has 0 spiro atoms. The standard InChI is InChI=1S/C25H21N5O2S2/c1-16-21(23(32)29-18-10-6-3-7-11-18)22(17-8-4-2-5-9-17)19(14-26)24(28-16)34-15-20(31)30-25-27-12-13-33-25/h2-13,22,28H,15H2,1H3,(H,29,32)(H,27,30,31)/t22-/m0/s1. The number of dihydropyridines is 1. The third kappa shape index (κ3) is 5.36. The second-order valence-corrected chi connectivity index (χ2v) is 9.24. The molecule has 0 bridgehead atoms. The molecule has 0 unspecified atom stereocenters. The number of para-hydroxylation sites is 1. The summed E-state index contributed by atoms with van der Waals surface area (Å²) in [5.74, 6) is -0.992. The zero-order valence-electron chi connectivity index (χ0n) is 18.2. The molecule has 0 radical (unpaired) electrons. The number of nitrogens with one attached hydrogen (secondary N) is 3. The van der Waals surface area contributed by atoms with Crippen molar-refractivity contribution in [1.29, 1.82) is 5.26 Å². The molecule has 1 aromatic heterocycles. The van der Waals surface area contributed by atoms with E-state index in [0.717, 1.165) is 5.56 Å². The van der Waals surface area contributed by atoms with Crippen molar-refractivity contribution in [3.63, 3.8) is 0 Å². The Morgan fingerprint density at radius 3 is 2.47 bits per heavy atom. The van der Waals surface area contributed by atoms with Crippen molar-refractivity contribution in [2.45, 2.75) is 12.8 Å². The molecule has 3 aromatic rings. The van der Waals surface area contributed by atoms with Crippen LogP contribution < -0.4 is 16.0 Å². The summed E-state index contributed by atoms with van der Waals surface area (Å²) in [6, 6.07) is 20.9. The summed E-state index contributed by atoms with van der Waals surface area (Å²) in [7, 11) is 0. The largest absolute Gasteiger partial charge is 0.353 e. The van der Waals surface area contributed by atoms with Gasteiger partial charge in [-0.3, -0.25) is 9.59 Å². The van der Waals surface area contributed by atoms with Crippen LogP contribution in [0.5, 0.6) is 0 Å². The van der Waals surface area contributed by atoms with E-state index in [2.05, 4.69) is 27.0 Å². The van der Waals surface area contributed by atoms with Crippen molar-refractivity contribution in [3.8, 4) is 6.07 Å². The highest BCUT2D eigenvalue weighted by Crippen LogP contribution is 2.40. The molecule has 0 aliphatic carbocycles. The maximum Gasteiger partial charge on any atom is 0.254 e. The van der Waals surface area contributed by atoms with Crippen molar-refractivity contribution in [3.05, 3.63) is 99.7 Å². The highest BCUT2D eigenvalue weighted by Gasteiger charge is 2.34. The van der Waals surface area contributed by atoms with Gasteiger partial charge in [-0.25, -0.2) is 4.98 Å². The molecular formula is C25H21N5O2S2. The Hall–Kier alpha value is -3.87. The molecule has 7 nitrogen and oxygen atoms in total. The fourth-order valence-corrected chi connectivity index (χ4v) is 5.04. The van der Waals surface area contributed by atoms with Crippen molar-refractivity contribution >= 4 is 45.7 Å². The Kier molecular flexibility index (Phi) is 7.42. The first-order valence-corrected chi connectivity index (χ1v) is 12.3. The number of benzene rings is 2. The first-order chi connectivity index (χ1) is 16.6. The zero-order chi connectivity index (χ0) is 23.9. The van der Waals surface area contributed by atoms with Gasteiger partial charge in [0.15, 0.2) is 5.13 Å². The average molecular weight is 488 g/mol. The number of hydrogen-bond donors (Lipinski definition) is 3. The van der Waals surface area contributed by atoms with Crippen LogP contribution in [0.25, 0.3) is 0 Å². The number of rotatable bonds is 7. The third-order valence-electron chi connectivity index (χ3n) is 5.08. The van der Waals surface area contributed by atoms with Gasteiger partial charge < -0.3 is 16.0 Å². The predicted molar refractivity (Wildman–Crippen MR) is 136 cm³/mol. The minimum atomic E-state index is -0.569. The summed E-state index contributed by atoms with van der Waals surface area (Å²) < 4.78 is 0. The number of amides is 2. The van der Waals surface area contributed by atoms with Gasteiger partial charge in [0, 0.05) is 28.5 Å². The fourth-order valence-electron chi connectivity index (χ4n) is 3.60. The van der Waals surface area contributed by atoms with Gasteiger partial charge in [0.25, 0.3) is 5.91 Å². The lowest BCUT2D eigenvalue weighted by atomic mass is 9.82. The molecule has 3 N–H and O–H groups in total. The molecule has 1 aliphatic heterocycles. The van der Waals surface area contributed by atoms with Crippen LogP contribution >= 0.6 is 23.1 Å². The number of thioether (sulfide) groups is 1. The molecule has 2 heterocycles. The second kappa shape index (κ2) is 10.8. The number of nitriles is 1. The lowest BCUT2D eigenvalue weighted by molar-refractivity contribution is -0.114. The van der Waals surface area contributed by atoms with E-state index in [4.69, 9.17) is 0 Å². The van der Waals surface area contributed by atoms with E-state index in [1.165, 1.54) is 23.1 Å². The van der Waals surface area contributed by atoms with E-state index in [1.54, 1.807) is 18.5 Å². The molecule has 9 heteroatoms. The number of anilines is 2. The van der Waals surface area contributed by atoms with Gasteiger partial charge in [-0.05, 0) is 24.6 Å². The van der Waals surface area contributed by atoms with E-state index < -0.39 is 5.92 Å². The first kappa shape index (κ1) is 23.3. The lowest BCUT2D eigenvalue weighted by Crippen LogP contribution is -2.31. The van der Waals surface area contributed by atoms with Crippen LogP contribution in [-0.4, -0.2) is 22.6 Å². The number of allylic oxidation sites excluding steroid dienone is 2. The smallest absolute Gasteiger partial charge is 0.254 e. The Morgan fingerprint density at radius 1 is 1.12 bits per heavy atom. The second-order valence-electron chi connectivity index (χ2n) is 7.36. The molecule has 170 valence electrons. The van der Waals surface area contributed by atoms with Gasteiger partial charge in [-0.2, -0.15) is 5.26 Å². The molecule has 4 rings (SSSR count). The van der Waals surface area contributed by atoms with E-state index in [9.17, 15) is 14.9 Å². The summed E-state index contributed by atoms with van der Waals surface area (Å²) in [6.45, 7) is 1.81. The zero-order valence-corrected chi connectivity index (χ0v) is 19.9. The number of thiazole rings is 1. The summed E-state index contributed by atoms with van der Waals surface area (Å²) in [5, 5.41) is 21.8. The molecule has 1 aliphatic rings. The first-order valence-electron chi connectivity index (χ1n) is 10.4. The highest BCUT2D eigenvalue weighted by molar-refractivity contribution is 8.03. The summed E-state index contributed by atoms with van der Waals surface area (Å²) in [6.07, 6.45) is 1.62. The van der Waals surface area contributed by atoms with Gasteiger partial charge in [0.1, 0.15) is 0 Å². The normalized spacial score (nSPS) is 15.4. The van der Waals surface area contributed by atoms with Crippen molar-refractivity contribution in [2.24, 2.45) is 0 Å². The molecule has 0 saturated carbocycles. The minimum absolute atomic E-state index is 0.0907. The van der Waals surface area contributed by atoms with Crippen LogP contribution in [0.4, 0.5) is 10.8 Å². The molecule has 2 amide bonds. The van der Waals surface area contributed by atoms with Crippen molar-refractivity contribution in [2.75, 3.05) is 16.4 Å². The SMILES string of the molecule is CC1=C(C(=O)Nc2ccccc2)[C@@H](c2ccccc2)C(C#N)=C(SCC(=O)Nc2nccs2)N1. The number of aromatic nitrogens is 1. The van der Waals surface area contributed by atoms with Gasteiger partial charge >= 0.3 is 0 Å². The van der Waals surface area contributed by atoms with Gasteiger partial charge in [-0.15, -0.1) is 11.3 Å². The highest BCUT2D eigenvalue weighted by atomic mass is 32.2. The molecule has 0 fully saturated rings. The van der Waals surface area contributed by atoms with Crippen LogP contribution in [0.3, 0.4) is 0 Å². The van der Waals surface area contributed by atoms with Crippen molar-refractivity contribution in [1.82, 2.24) is 10.3 Å². The summed E-state index contributed by atoms with van der Waals surface area (Å²) >= 11 is 2.56. The quantitative estimate of drug-likeness (QED) is 0.440. The predicted octanol–water partition coefficient (Wildman–Crippen LogP) is 4.85. The lowest BCUT2D eigenvalue weighted by Gasteiger charge is -2.29. The van der Waals surface area contributed by atoms with Gasteiger partial charge in [0.2, 0.25) is 5.91 Å². The average Bonchev–Trinajstić information content (AvgIpc) is 3.36. The number of carbonyl (C=O) groups excluding carboxylic acids is 2. The monoisotopic (exact) mass is 487 g/mol. The third-order valence-corrected chi connectivity index (χ3v) is 6.79. The molecular weight excluding hydrogens is 466 g/mol. The van der Waals surface area contributed by atoms with E-state index >= 15 is 0 Å². The van der Waals surface area contributed by atoms with Crippen LogP contribution in [-0.2, 0) is 9.59 Å². The number of nitrogens with zero attached hydrogens (tertiary/aromatic N) is 2. The summed E-state index contributed by atoms with van der Waals surface area (Å²) in [4.78, 5) is 29.8. The van der Waals surface area contributed by atoms with Crippen LogP contribution in [0.2, 0.25) is 0 Å². The van der Waals surface area contributed by atoms with E-state index in [1.807, 2.05) is 60.7 Å². The Morgan fingerprint density at radius 2 is 1.82 bits per heavy atom. The topological polar surface area (TPSA) is 107 Å². The van der Waals surface area contributed by atoms with Gasteiger partial charge in [0.05, 0.1) is 28.3 Å². The molecule has 0 saturated heterocycles. The van der Waals surface area contributed by atoms with Crippen LogP contribution in [0, 0.1) is 11.3 Å². The number of hydrogen-bond acceptors (Lipinski definition) is 7. The van der Waals surface area contributed by atoms with E-state index in [0.29, 0.717) is 32.7 Å². The van der Waals surface area contributed by atoms with Crippen LogP contribution in [0.1, 0.15) is 18.4 Å². The maximum atomic E-state index is 13.4. The Labute approximate surface area is 205 Å². The minimum Gasteiger partial charge on any atom is -0.353 e. The fraction of sp³-hybridized carbons (Fsp3) is 0.120. The van der Waals surface area contributed by atoms with Crippen molar-refractivity contribution < 1.29 is 9.59 Å². The van der Waals surface area contributed by atoms with Crippen LogP contribution in [0.15, 0.2) is 94.1 Å².